The molecule has 10 heteroatoms. The van der Waals surface area contributed by atoms with Crippen molar-refractivity contribution in [2.24, 2.45) is 5.92 Å². The van der Waals surface area contributed by atoms with Gasteiger partial charge < -0.3 is 15.4 Å². The van der Waals surface area contributed by atoms with Crippen LogP contribution < -0.4 is 15.4 Å². The van der Waals surface area contributed by atoms with Gasteiger partial charge in [-0.3, -0.25) is 14.4 Å². The Kier molecular flexibility index (Phi) is 6.72. The maximum atomic E-state index is 13.2. The summed E-state index contributed by atoms with van der Waals surface area (Å²) < 4.78 is 33.4. The number of hydrogen-bond donors (Lipinski definition) is 2. The molecule has 2 N–H and O–H groups in total. The fourth-order valence-electron chi connectivity index (χ4n) is 4.13. The van der Waals surface area contributed by atoms with E-state index in [9.17, 15) is 22.8 Å². The SMILES string of the molecule is CC[C@H]1Oc2ccc(S(=O)(=O)N3CCC(C(=O)Nc4cccc(C(C)=O)c4)CC3)cc2NC1=O. The lowest BCUT2D eigenvalue weighted by atomic mass is 9.97. The van der Waals surface area contributed by atoms with Gasteiger partial charge in [-0.1, -0.05) is 19.1 Å². The van der Waals surface area contributed by atoms with E-state index in [1.807, 2.05) is 6.92 Å². The summed E-state index contributed by atoms with van der Waals surface area (Å²) in [6.07, 6.45) is 0.668. The standard InChI is InChI=1S/C24H27N3O6S/c1-3-21-24(30)26-20-14-19(7-8-22(20)33-21)34(31,32)27-11-9-16(10-12-27)23(29)25-18-6-4-5-17(13-18)15(2)28/h4-8,13-14,16,21H,3,9-12H2,1-2H3,(H,25,29)(H,26,30)/t21-/m1/s1. The molecule has 1 atom stereocenters. The Morgan fingerprint density at radius 1 is 1.15 bits per heavy atom. The molecule has 0 saturated carbocycles. The summed E-state index contributed by atoms with van der Waals surface area (Å²) in [4.78, 5) is 36.4. The van der Waals surface area contributed by atoms with Crippen LogP contribution in [-0.4, -0.2) is 49.5 Å². The monoisotopic (exact) mass is 485 g/mol. The fourth-order valence-corrected chi connectivity index (χ4v) is 5.62. The van der Waals surface area contributed by atoms with Gasteiger partial charge in [0.15, 0.2) is 11.9 Å². The number of ether oxygens (including phenoxy) is 1. The molecule has 1 fully saturated rings. The highest BCUT2D eigenvalue weighted by Crippen LogP contribution is 2.34. The summed E-state index contributed by atoms with van der Waals surface area (Å²) in [5, 5.41) is 5.54. The van der Waals surface area contributed by atoms with Crippen molar-refractivity contribution in [3.63, 3.8) is 0 Å². The molecule has 0 unspecified atom stereocenters. The molecule has 9 nitrogen and oxygen atoms in total. The predicted octanol–water partition coefficient (Wildman–Crippen LogP) is 3.04. The Bertz CT molecular complexity index is 1240. The second-order valence-corrected chi connectivity index (χ2v) is 10.4. The molecule has 1 saturated heterocycles. The number of hydrogen-bond acceptors (Lipinski definition) is 6. The van der Waals surface area contributed by atoms with Crippen LogP contribution in [0.2, 0.25) is 0 Å². The molecular formula is C24H27N3O6S. The van der Waals surface area contributed by atoms with E-state index in [2.05, 4.69) is 10.6 Å². The minimum atomic E-state index is -3.80. The largest absolute Gasteiger partial charge is 0.478 e. The summed E-state index contributed by atoms with van der Waals surface area (Å²) in [6, 6.07) is 11.2. The molecule has 2 heterocycles. The van der Waals surface area contributed by atoms with E-state index in [0.29, 0.717) is 42.0 Å². The number of benzene rings is 2. The van der Waals surface area contributed by atoms with Crippen LogP contribution in [0.3, 0.4) is 0 Å². The van der Waals surface area contributed by atoms with E-state index in [4.69, 9.17) is 4.74 Å². The zero-order valence-electron chi connectivity index (χ0n) is 19.0. The number of ketones is 1. The van der Waals surface area contributed by atoms with Crippen molar-refractivity contribution >= 4 is 39.0 Å². The molecule has 180 valence electrons. The molecule has 0 aromatic heterocycles. The van der Waals surface area contributed by atoms with Gasteiger partial charge in [0.1, 0.15) is 5.75 Å². The molecule has 34 heavy (non-hydrogen) atoms. The zero-order chi connectivity index (χ0) is 24.5. The Balaban J connectivity index is 1.40. The number of carbonyl (C=O) groups is 3. The second kappa shape index (κ2) is 9.55. The van der Waals surface area contributed by atoms with Crippen LogP contribution in [0.25, 0.3) is 0 Å². The smallest absolute Gasteiger partial charge is 0.265 e. The highest BCUT2D eigenvalue weighted by atomic mass is 32.2. The van der Waals surface area contributed by atoms with E-state index in [-0.39, 0.29) is 41.5 Å². The van der Waals surface area contributed by atoms with Crippen molar-refractivity contribution in [3.05, 3.63) is 48.0 Å². The van der Waals surface area contributed by atoms with E-state index < -0.39 is 16.1 Å². The van der Waals surface area contributed by atoms with Gasteiger partial charge in [-0.2, -0.15) is 4.31 Å². The number of fused-ring (bicyclic) bond motifs is 1. The highest BCUT2D eigenvalue weighted by Gasteiger charge is 2.34. The lowest BCUT2D eigenvalue weighted by Gasteiger charge is -2.31. The van der Waals surface area contributed by atoms with Gasteiger partial charge in [-0.25, -0.2) is 8.42 Å². The summed E-state index contributed by atoms with van der Waals surface area (Å²) in [6.45, 7) is 3.70. The Labute approximate surface area is 198 Å². The molecule has 4 rings (SSSR count). The first-order chi connectivity index (χ1) is 16.2. The average molecular weight is 486 g/mol. The zero-order valence-corrected chi connectivity index (χ0v) is 19.9. The van der Waals surface area contributed by atoms with Gasteiger partial charge in [-0.05, 0) is 56.5 Å². The number of carbonyl (C=O) groups excluding carboxylic acids is 3. The van der Waals surface area contributed by atoms with Crippen molar-refractivity contribution in [3.8, 4) is 5.75 Å². The van der Waals surface area contributed by atoms with Crippen LogP contribution >= 0.6 is 0 Å². The third kappa shape index (κ3) is 4.83. The predicted molar refractivity (Wildman–Crippen MR) is 126 cm³/mol. The molecule has 2 amide bonds. The van der Waals surface area contributed by atoms with Crippen molar-refractivity contribution in [2.75, 3.05) is 23.7 Å². The van der Waals surface area contributed by atoms with Crippen molar-refractivity contribution in [1.29, 1.82) is 0 Å². The first-order valence-electron chi connectivity index (χ1n) is 11.2. The van der Waals surface area contributed by atoms with E-state index in [0.717, 1.165) is 0 Å². The van der Waals surface area contributed by atoms with E-state index >= 15 is 0 Å². The molecule has 0 radical (unpaired) electrons. The van der Waals surface area contributed by atoms with Crippen LogP contribution in [0, 0.1) is 5.92 Å². The Morgan fingerprint density at radius 2 is 1.88 bits per heavy atom. The topological polar surface area (TPSA) is 122 Å². The van der Waals surface area contributed by atoms with Crippen LogP contribution in [0.4, 0.5) is 11.4 Å². The minimum absolute atomic E-state index is 0.0639. The first-order valence-corrected chi connectivity index (χ1v) is 12.7. The van der Waals surface area contributed by atoms with Crippen LogP contribution in [0.1, 0.15) is 43.5 Å². The molecule has 2 aliphatic heterocycles. The lowest BCUT2D eigenvalue weighted by Crippen LogP contribution is -2.41. The van der Waals surface area contributed by atoms with Crippen LogP contribution in [0.15, 0.2) is 47.4 Å². The number of nitrogens with one attached hydrogen (secondary N) is 2. The highest BCUT2D eigenvalue weighted by molar-refractivity contribution is 7.89. The normalized spacial score (nSPS) is 19.0. The molecule has 0 bridgehead atoms. The molecule has 0 spiro atoms. The average Bonchev–Trinajstić information content (AvgIpc) is 2.83. The first kappa shape index (κ1) is 23.9. The Hall–Kier alpha value is -3.24. The number of piperidine rings is 1. The maximum Gasteiger partial charge on any atom is 0.265 e. The fraction of sp³-hybridized carbons (Fsp3) is 0.375. The van der Waals surface area contributed by atoms with Gasteiger partial charge in [0.25, 0.3) is 5.91 Å². The number of sulfonamides is 1. The molecular weight excluding hydrogens is 458 g/mol. The molecule has 2 aliphatic rings. The Morgan fingerprint density at radius 3 is 2.56 bits per heavy atom. The third-order valence-corrected chi connectivity index (χ3v) is 8.04. The van der Waals surface area contributed by atoms with Gasteiger partial charge in [-0.15, -0.1) is 0 Å². The number of nitrogens with zero attached hydrogens (tertiary/aromatic N) is 1. The number of amides is 2. The summed E-state index contributed by atoms with van der Waals surface area (Å²) >= 11 is 0. The summed E-state index contributed by atoms with van der Waals surface area (Å²) in [7, 11) is -3.80. The van der Waals surface area contributed by atoms with Gasteiger partial charge in [0, 0.05) is 30.3 Å². The van der Waals surface area contributed by atoms with Crippen molar-refractivity contribution < 1.29 is 27.5 Å². The summed E-state index contributed by atoms with van der Waals surface area (Å²) in [5.41, 5.74) is 1.38. The van der Waals surface area contributed by atoms with Crippen molar-refractivity contribution in [2.45, 2.75) is 44.1 Å². The van der Waals surface area contributed by atoms with Crippen LogP contribution in [-0.2, 0) is 19.6 Å². The number of rotatable bonds is 6. The van der Waals surface area contributed by atoms with Gasteiger partial charge >= 0.3 is 0 Å². The summed E-state index contributed by atoms with van der Waals surface area (Å²) in [5.74, 6) is -0.487. The van der Waals surface area contributed by atoms with Gasteiger partial charge in [0.2, 0.25) is 15.9 Å². The molecule has 2 aromatic carbocycles. The molecule has 2 aromatic rings. The van der Waals surface area contributed by atoms with E-state index in [1.165, 1.54) is 23.4 Å². The minimum Gasteiger partial charge on any atom is -0.478 e. The second-order valence-electron chi connectivity index (χ2n) is 8.47. The van der Waals surface area contributed by atoms with Crippen molar-refractivity contribution in [1.82, 2.24) is 4.31 Å². The quantitative estimate of drug-likeness (QED) is 0.607. The third-order valence-electron chi connectivity index (χ3n) is 6.14. The maximum absolute atomic E-state index is 13.2. The van der Waals surface area contributed by atoms with Gasteiger partial charge in [0.05, 0.1) is 10.6 Å². The number of Topliss-reactive ketones (excluding diaryl/α,β-unsaturated/α-hetero) is 1. The van der Waals surface area contributed by atoms with E-state index in [1.54, 1.807) is 30.3 Å². The molecule has 0 aliphatic carbocycles. The number of anilines is 2. The van der Waals surface area contributed by atoms with Crippen LogP contribution in [0.5, 0.6) is 5.75 Å². The lowest BCUT2D eigenvalue weighted by molar-refractivity contribution is -0.123.